The Balaban J connectivity index is 1.41. The minimum absolute atomic E-state index is 0.129. The Morgan fingerprint density at radius 1 is 1.00 bits per heavy atom. The Kier molecular flexibility index (Phi) is 5.38. The van der Waals surface area contributed by atoms with E-state index >= 15 is 0 Å². The van der Waals surface area contributed by atoms with Crippen LogP contribution in [0.1, 0.15) is 22.6 Å². The van der Waals surface area contributed by atoms with E-state index in [4.69, 9.17) is 0 Å². The number of carbonyl (C=O) groups is 1. The zero-order valence-corrected chi connectivity index (χ0v) is 15.4. The molecule has 0 bridgehead atoms. The number of carbonyl (C=O) groups excluding carboxylic acids is 1. The number of rotatable bonds is 4. The van der Waals surface area contributed by atoms with Crippen molar-refractivity contribution in [2.75, 3.05) is 26.2 Å². The summed E-state index contributed by atoms with van der Waals surface area (Å²) >= 11 is 0. The number of amides is 1. The van der Waals surface area contributed by atoms with Crippen molar-refractivity contribution in [1.82, 2.24) is 30.0 Å². The van der Waals surface area contributed by atoms with Crippen LogP contribution >= 0.6 is 0 Å². The van der Waals surface area contributed by atoms with Crippen molar-refractivity contribution >= 4 is 5.91 Å². The van der Waals surface area contributed by atoms with Gasteiger partial charge in [-0.2, -0.15) is 4.68 Å². The van der Waals surface area contributed by atoms with Gasteiger partial charge in [0.15, 0.2) is 5.82 Å². The number of aromatic nitrogens is 4. The third-order valence-corrected chi connectivity index (χ3v) is 4.85. The van der Waals surface area contributed by atoms with Crippen LogP contribution in [0.2, 0.25) is 0 Å². The summed E-state index contributed by atoms with van der Waals surface area (Å²) in [5.74, 6) is 0.238. The summed E-state index contributed by atoms with van der Waals surface area (Å²) in [6, 6.07) is 15.6. The Hall–Kier alpha value is -3.13. The molecule has 4 rings (SSSR count). The molecule has 0 aliphatic carbocycles. The van der Waals surface area contributed by atoms with Gasteiger partial charge in [-0.1, -0.05) is 24.3 Å². The third kappa shape index (κ3) is 4.07. The van der Waals surface area contributed by atoms with E-state index in [0.717, 1.165) is 24.5 Å². The molecule has 0 radical (unpaired) electrons. The van der Waals surface area contributed by atoms with Crippen molar-refractivity contribution < 1.29 is 9.18 Å². The highest BCUT2D eigenvalue weighted by atomic mass is 19.1. The number of hydrogen-bond donors (Lipinski definition) is 0. The summed E-state index contributed by atoms with van der Waals surface area (Å²) < 4.78 is 15.2. The van der Waals surface area contributed by atoms with Crippen molar-refractivity contribution in [3.8, 4) is 5.69 Å². The highest BCUT2D eigenvalue weighted by molar-refractivity contribution is 5.94. The fraction of sp³-hybridized carbons (Fsp3) is 0.300. The molecule has 7 nitrogen and oxygen atoms in total. The fourth-order valence-corrected chi connectivity index (χ4v) is 3.41. The summed E-state index contributed by atoms with van der Waals surface area (Å²) in [7, 11) is 0. The van der Waals surface area contributed by atoms with E-state index in [1.54, 1.807) is 21.7 Å². The van der Waals surface area contributed by atoms with E-state index < -0.39 is 5.82 Å². The summed E-state index contributed by atoms with van der Waals surface area (Å²) in [6.45, 7) is 3.39. The lowest BCUT2D eigenvalue weighted by molar-refractivity contribution is 0.0760. The van der Waals surface area contributed by atoms with Gasteiger partial charge in [0.05, 0.1) is 12.2 Å². The van der Waals surface area contributed by atoms with Gasteiger partial charge in [0.1, 0.15) is 5.82 Å². The molecule has 0 unspecified atom stereocenters. The molecule has 1 fully saturated rings. The normalized spacial score (nSPS) is 15.4. The van der Waals surface area contributed by atoms with Crippen molar-refractivity contribution in [1.29, 1.82) is 0 Å². The zero-order chi connectivity index (χ0) is 19.3. The molecule has 3 aromatic rings. The van der Waals surface area contributed by atoms with E-state index in [1.165, 1.54) is 12.1 Å². The Morgan fingerprint density at radius 3 is 2.68 bits per heavy atom. The highest BCUT2D eigenvalue weighted by Gasteiger charge is 2.22. The molecule has 1 aliphatic heterocycles. The number of tetrazole rings is 1. The van der Waals surface area contributed by atoms with Crippen molar-refractivity contribution in [2.24, 2.45) is 0 Å². The smallest absolute Gasteiger partial charge is 0.254 e. The van der Waals surface area contributed by atoms with Crippen LogP contribution in [-0.2, 0) is 6.54 Å². The molecule has 0 N–H and O–H groups in total. The minimum atomic E-state index is -0.393. The minimum Gasteiger partial charge on any atom is -0.337 e. The summed E-state index contributed by atoms with van der Waals surface area (Å²) in [5.41, 5.74) is 1.31. The molecular formula is C20H21FN6O. The number of hydrogen-bond acceptors (Lipinski definition) is 5. The Morgan fingerprint density at radius 2 is 1.86 bits per heavy atom. The predicted molar refractivity (Wildman–Crippen MR) is 101 cm³/mol. The topological polar surface area (TPSA) is 67.2 Å². The number of para-hydroxylation sites is 1. The lowest BCUT2D eigenvalue weighted by Crippen LogP contribution is -2.35. The molecule has 144 valence electrons. The average Bonchev–Trinajstić information content (AvgIpc) is 3.05. The molecular weight excluding hydrogens is 359 g/mol. The summed E-state index contributed by atoms with van der Waals surface area (Å²) in [6.07, 6.45) is 0.841. The van der Waals surface area contributed by atoms with E-state index in [9.17, 15) is 9.18 Å². The number of halogens is 1. The van der Waals surface area contributed by atoms with Crippen molar-refractivity contribution in [2.45, 2.75) is 13.0 Å². The maximum atomic E-state index is 13.4. The quantitative estimate of drug-likeness (QED) is 0.694. The first-order valence-corrected chi connectivity index (χ1v) is 9.30. The number of nitrogens with zero attached hydrogens (tertiary/aromatic N) is 6. The molecule has 1 amide bonds. The summed E-state index contributed by atoms with van der Waals surface area (Å²) in [4.78, 5) is 16.7. The molecule has 0 spiro atoms. The molecule has 2 aromatic carbocycles. The highest BCUT2D eigenvalue weighted by Crippen LogP contribution is 2.13. The first kappa shape index (κ1) is 18.2. The van der Waals surface area contributed by atoms with Crippen LogP contribution in [0.15, 0.2) is 54.6 Å². The predicted octanol–water partition coefficient (Wildman–Crippen LogP) is 2.15. The molecule has 28 heavy (non-hydrogen) atoms. The molecule has 1 saturated heterocycles. The molecule has 1 aliphatic rings. The monoisotopic (exact) mass is 380 g/mol. The van der Waals surface area contributed by atoms with Crippen LogP contribution in [0.4, 0.5) is 4.39 Å². The van der Waals surface area contributed by atoms with Crippen LogP contribution in [-0.4, -0.2) is 62.1 Å². The van der Waals surface area contributed by atoms with Crippen LogP contribution in [0.3, 0.4) is 0 Å². The van der Waals surface area contributed by atoms with Gasteiger partial charge in [0, 0.05) is 31.7 Å². The lowest BCUT2D eigenvalue weighted by atomic mass is 10.2. The molecule has 2 heterocycles. The maximum Gasteiger partial charge on any atom is 0.254 e. The standard InChI is InChI=1S/C20H21FN6O/c21-17-7-4-6-16(14-17)20(28)26-11-5-10-25(12-13-26)15-19-22-23-24-27(19)18-8-2-1-3-9-18/h1-4,6-9,14H,5,10-13,15H2. The molecule has 0 saturated carbocycles. The first-order valence-electron chi connectivity index (χ1n) is 9.30. The molecule has 0 atom stereocenters. The van der Waals surface area contributed by atoms with Crippen molar-refractivity contribution in [3.05, 3.63) is 71.8 Å². The van der Waals surface area contributed by atoms with Gasteiger partial charge >= 0.3 is 0 Å². The lowest BCUT2D eigenvalue weighted by Gasteiger charge is -2.21. The van der Waals surface area contributed by atoms with Crippen molar-refractivity contribution in [3.63, 3.8) is 0 Å². The van der Waals surface area contributed by atoms with Gasteiger partial charge in [0.25, 0.3) is 5.91 Å². The average molecular weight is 380 g/mol. The van der Waals surface area contributed by atoms with Gasteiger partial charge in [-0.05, 0) is 47.2 Å². The largest absolute Gasteiger partial charge is 0.337 e. The first-order chi connectivity index (χ1) is 13.7. The van der Waals surface area contributed by atoms with Gasteiger partial charge in [0.2, 0.25) is 0 Å². The van der Waals surface area contributed by atoms with Gasteiger partial charge in [-0.3, -0.25) is 9.69 Å². The van der Waals surface area contributed by atoms with Crippen LogP contribution < -0.4 is 0 Å². The maximum absolute atomic E-state index is 13.4. The van der Waals surface area contributed by atoms with Gasteiger partial charge in [-0.15, -0.1) is 5.10 Å². The second kappa shape index (κ2) is 8.26. The fourth-order valence-electron chi connectivity index (χ4n) is 3.41. The Bertz CT molecular complexity index is 945. The van der Waals surface area contributed by atoms with E-state index in [1.807, 2.05) is 30.3 Å². The SMILES string of the molecule is O=C(c1cccc(F)c1)N1CCCN(Cc2nnnn2-c2ccccc2)CC1. The van der Waals surface area contributed by atoms with Crippen LogP contribution in [0, 0.1) is 5.82 Å². The van der Waals surface area contributed by atoms with Gasteiger partial charge < -0.3 is 4.90 Å². The van der Waals surface area contributed by atoms with E-state index in [0.29, 0.717) is 31.7 Å². The number of benzene rings is 2. The van der Waals surface area contributed by atoms with Gasteiger partial charge in [-0.25, -0.2) is 4.39 Å². The van der Waals surface area contributed by atoms with Crippen LogP contribution in [0.5, 0.6) is 0 Å². The zero-order valence-electron chi connectivity index (χ0n) is 15.4. The second-order valence-corrected chi connectivity index (χ2v) is 6.77. The molecule has 8 heteroatoms. The summed E-state index contributed by atoms with van der Waals surface area (Å²) in [5, 5.41) is 12.1. The van der Waals surface area contributed by atoms with E-state index in [-0.39, 0.29) is 5.91 Å². The molecule has 1 aromatic heterocycles. The second-order valence-electron chi connectivity index (χ2n) is 6.77. The van der Waals surface area contributed by atoms with Crippen LogP contribution in [0.25, 0.3) is 5.69 Å². The van der Waals surface area contributed by atoms with E-state index in [2.05, 4.69) is 20.4 Å². The Labute approximate surface area is 162 Å². The third-order valence-electron chi connectivity index (χ3n) is 4.85.